The number of urea groups is 1. The summed E-state index contributed by atoms with van der Waals surface area (Å²) < 4.78 is 5.18. The summed E-state index contributed by atoms with van der Waals surface area (Å²) in [7, 11) is 1.59. The lowest BCUT2D eigenvalue weighted by Gasteiger charge is -2.37. The first kappa shape index (κ1) is 16.4. The summed E-state index contributed by atoms with van der Waals surface area (Å²) in [6.45, 7) is 1.08. The Kier molecular flexibility index (Phi) is 4.03. The van der Waals surface area contributed by atoms with Gasteiger partial charge in [0.2, 0.25) is 5.91 Å². The molecule has 0 aromatic heterocycles. The van der Waals surface area contributed by atoms with Crippen molar-refractivity contribution in [2.24, 2.45) is 0 Å². The molecule has 4 rings (SSSR count). The van der Waals surface area contributed by atoms with Crippen molar-refractivity contribution in [1.82, 2.24) is 4.90 Å². The standard InChI is InChI=1S/C20H21N3O3/c1-26-15-6-4-5-14(13-15)21-19(25)23-11-9-20(10-12-23)16-7-2-3-8-17(16)22-18(20)24/h2-8,13H,9-12H2,1H3,(H,21,25)(H,22,24). The molecule has 6 heteroatoms. The van der Waals surface area contributed by atoms with Crippen LogP contribution in [0.25, 0.3) is 0 Å². The Hall–Kier alpha value is -3.02. The summed E-state index contributed by atoms with van der Waals surface area (Å²) in [5.41, 5.74) is 2.13. The first-order chi connectivity index (χ1) is 12.6. The van der Waals surface area contributed by atoms with Crippen LogP contribution in [0.5, 0.6) is 5.75 Å². The zero-order valence-corrected chi connectivity index (χ0v) is 14.6. The molecule has 0 saturated carbocycles. The smallest absolute Gasteiger partial charge is 0.321 e. The van der Waals surface area contributed by atoms with Gasteiger partial charge >= 0.3 is 6.03 Å². The fraction of sp³-hybridized carbons (Fsp3) is 0.300. The van der Waals surface area contributed by atoms with Crippen LogP contribution in [0.2, 0.25) is 0 Å². The molecule has 134 valence electrons. The Labute approximate surface area is 152 Å². The van der Waals surface area contributed by atoms with Crippen LogP contribution in [0.3, 0.4) is 0 Å². The number of fused-ring (bicyclic) bond motifs is 2. The third-order valence-corrected chi connectivity index (χ3v) is 5.35. The minimum atomic E-state index is -0.511. The quantitative estimate of drug-likeness (QED) is 0.873. The number of methoxy groups -OCH3 is 1. The molecule has 2 N–H and O–H groups in total. The largest absolute Gasteiger partial charge is 0.497 e. The van der Waals surface area contributed by atoms with E-state index in [0.29, 0.717) is 37.4 Å². The van der Waals surface area contributed by atoms with Gasteiger partial charge in [0.15, 0.2) is 0 Å². The summed E-state index contributed by atoms with van der Waals surface area (Å²) in [4.78, 5) is 26.9. The van der Waals surface area contributed by atoms with Gasteiger partial charge in [-0.3, -0.25) is 4.79 Å². The minimum Gasteiger partial charge on any atom is -0.497 e. The van der Waals surface area contributed by atoms with Crippen LogP contribution in [0, 0.1) is 0 Å². The number of nitrogens with one attached hydrogen (secondary N) is 2. The molecule has 0 unspecified atom stereocenters. The van der Waals surface area contributed by atoms with Gasteiger partial charge in [0.25, 0.3) is 0 Å². The van der Waals surface area contributed by atoms with Crippen LogP contribution in [0.4, 0.5) is 16.2 Å². The lowest BCUT2D eigenvalue weighted by Crippen LogP contribution is -2.49. The van der Waals surface area contributed by atoms with Crippen molar-refractivity contribution in [3.8, 4) is 5.75 Å². The highest BCUT2D eigenvalue weighted by Gasteiger charge is 2.48. The van der Waals surface area contributed by atoms with Crippen LogP contribution in [0.1, 0.15) is 18.4 Å². The van der Waals surface area contributed by atoms with Crippen LogP contribution in [-0.2, 0) is 10.2 Å². The van der Waals surface area contributed by atoms with E-state index in [1.807, 2.05) is 42.5 Å². The fourth-order valence-electron chi connectivity index (χ4n) is 3.86. The number of amides is 3. The van der Waals surface area contributed by atoms with Gasteiger partial charge < -0.3 is 20.3 Å². The normalized spacial score (nSPS) is 17.6. The Balaban J connectivity index is 1.45. The van der Waals surface area contributed by atoms with E-state index in [2.05, 4.69) is 10.6 Å². The monoisotopic (exact) mass is 351 g/mol. The van der Waals surface area contributed by atoms with Crippen molar-refractivity contribution in [3.05, 3.63) is 54.1 Å². The van der Waals surface area contributed by atoms with E-state index >= 15 is 0 Å². The van der Waals surface area contributed by atoms with Gasteiger partial charge in [0.1, 0.15) is 5.75 Å². The summed E-state index contributed by atoms with van der Waals surface area (Å²) in [6, 6.07) is 15.0. The topological polar surface area (TPSA) is 70.7 Å². The van der Waals surface area contributed by atoms with Gasteiger partial charge in [-0.15, -0.1) is 0 Å². The van der Waals surface area contributed by atoms with E-state index in [-0.39, 0.29) is 11.9 Å². The number of nitrogens with zero attached hydrogens (tertiary/aromatic N) is 1. The number of hydrogen-bond acceptors (Lipinski definition) is 3. The predicted octanol–water partition coefficient (Wildman–Crippen LogP) is 3.21. The number of anilines is 2. The molecule has 2 aliphatic rings. The Morgan fingerprint density at radius 1 is 1.15 bits per heavy atom. The molecule has 0 bridgehead atoms. The molecule has 6 nitrogen and oxygen atoms in total. The Morgan fingerprint density at radius 2 is 1.92 bits per heavy atom. The first-order valence-electron chi connectivity index (χ1n) is 8.73. The number of benzene rings is 2. The third kappa shape index (κ3) is 2.67. The van der Waals surface area contributed by atoms with E-state index in [4.69, 9.17) is 4.74 Å². The van der Waals surface area contributed by atoms with E-state index in [1.54, 1.807) is 18.1 Å². The Morgan fingerprint density at radius 3 is 2.69 bits per heavy atom. The summed E-state index contributed by atoms with van der Waals surface area (Å²) in [5.74, 6) is 0.742. The molecule has 2 aliphatic heterocycles. The number of para-hydroxylation sites is 1. The van der Waals surface area contributed by atoms with Gasteiger partial charge in [-0.25, -0.2) is 4.79 Å². The highest BCUT2D eigenvalue weighted by atomic mass is 16.5. The SMILES string of the molecule is COc1cccc(NC(=O)N2CCC3(CC2)C(=O)Nc2ccccc23)c1. The van der Waals surface area contributed by atoms with E-state index in [1.165, 1.54) is 0 Å². The maximum atomic E-state index is 12.6. The second-order valence-electron chi connectivity index (χ2n) is 6.73. The second kappa shape index (κ2) is 6.37. The Bertz CT molecular complexity index is 857. The zero-order valence-electron chi connectivity index (χ0n) is 14.6. The molecule has 1 fully saturated rings. The molecule has 1 spiro atoms. The number of ether oxygens (including phenoxy) is 1. The molecule has 2 aromatic carbocycles. The molecule has 1 saturated heterocycles. The van der Waals surface area contributed by atoms with Gasteiger partial charge in [0.05, 0.1) is 12.5 Å². The van der Waals surface area contributed by atoms with Crippen LogP contribution in [0.15, 0.2) is 48.5 Å². The number of carbonyl (C=O) groups excluding carboxylic acids is 2. The molecular weight excluding hydrogens is 330 g/mol. The molecule has 0 atom stereocenters. The molecule has 2 aromatic rings. The average Bonchev–Trinajstić information content (AvgIpc) is 2.94. The van der Waals surface area contributed by atoms with Gasteiger partial charge in [-0.2, -0.15) is 0 Å². The van der Waals surface area contributed by atoms with E-state index in [0.717, 1.165) is 11.3 Å². The molecule has 0 aliphatic carbocycles. The van der Waals surface area contributed by atoms with Gasteiger partial charge in [-0.05, 0) is 36.6 Å². The van der Waals surface area contributed by atoms with Crippen molar-refractivity contribution in [2.45, 2.75) is 18.3 Å². The second-order valence-corrected chi connectivity index (χ2v) is 6.73. The minimum absolute atomic E-state index is 0.0477. The maximum Gasteiger partial charge on any atom is 0.321 e. The molecular formula is C20H21N3O3. The van der Waals surface area contributed by atoms with Crippen LogP contribution >= 0.6 is 0 Å². The molecule has 26 heavy (non-hydrogen) atoms. The van der Waals surface area contributed by atoms with Crippen molar-refractivity contribution in [3.63, 3.8) is 0 Å². The maximum absolute atomic E-state index is 12.6. The van der Waals surface area contributed by atoms with Crippen LogP contribution < -0.4 is 15.4 Å². The van der Waals surface area contributed by atoms with Crippen molar-refractivity contribution in [1.29, 1.82) is 0 Å². The van der Waals surface area contributed by atoms with E-state index < -0.39 is 5.41 Å². The lowest BCUT2D eigenvalue weighted by atomic mass is 9.74. The number of piperidine rings is 1. The fourth-order valence-corrected chi connectivity index (χ4v) is 3.86. The molecule has 2 heterocycles. The number of rotatable bonds is 2. The number of hydrogen-bond donors (Lipinski definition) is 2. The predicted molar refractivity (Wildman–Crippen MR) is 99.6 cm³/mol. The van der Waals surface area contributed by atoms with Crippen molar-refractivity contribution >= 4 is 23.3 Å². The lowest BCUT2D eigenvalue weighted by molar-refractivity contribution is -0.122. The average molecular weight is 351 g/mol. The first-order valence-corrected chi connectivity index (χ1v) is 8.73. The zero-order chi connectivity index (χ0) is 18.1. The van der Waals surface area contributed by atoms with Crippen molar-refractivity contribution < 1.29 is 14.3 Å². The molecule has 0 radical (unpaired) electrons. The van der Waals surface area contributed by atoms with Gasteiger partial charge in [-0.1, -0.05) is 24.3 Å². The summed E-state index contributed by atoms with van der Waals surface area (Å²) in [5, 5.41) is 5.88. The van der Waals surface area contributed by atoms with Gasteiger partial charge in [0, 0.05) is 30.5 Å². The van der Waals surface area contributed by atoms with Crippen molar-refractivity contribution in [2.75, 3.05) is 30.8 Å². The highest BCUT2D eigenvalue weighted by molar-refractivity contribution is 6.06. The summed E-state index contributed by atoms with van der Waals surface area (Å²) in [6.07, 6.45) is 1.25. The molecule has 3 amide bonds. The third-order valence-electron chi connectivity index (χ3n) is 5.35. The van der Waals surface area contributed by atoms with Crippen LogP contribution in [-0.4, -0.2) is 37.0 Å². The van der Waals surface area contributed by atoms with E-state index in [9.17, 15) is 9.59 Å². The summed E-state index contributed by atoms with van der Waals surface area (Å²) >= 11 is 0. The number of likely N-dealkylation sites (tertiary alicyclic amines) is 1. The number of carbonyl (C=O) groups is 2. The highest BCUT2D eigenvalue weighted by Crippen LogP contribution is 2.44.